The maximum absolute atomic E-state index is 13.2. The first kappa shape index (κ1) is 19.1. The van der Waals surface area contributed by atoms with Gasteiger partial charge in [-0.3, -0.25) is 9.79 Å². The molecule has 29 heavy (non-hydrogen) atoms. The van der Waals surface area contributed by atoms with E-state index in [-0.39, 0.29) is 5.91 Å². The topological polar surface area (TPSA) is 87.7 Å². The summed E-state index contributed by atoms with van der Waals surface area (Å²) in [5.74, 6) is 1.77. The highest BCUT2D eigenvalue weighted by atomic mass is 16.2. The smallest absolute Gasteiger partial charge is 0.254 e. The molecule has 4 rings (SSSR count). The minimum absolute atomic E-state index is 0.0624. The number of nitrogens with zero attached hydrogens (tertiary/aromatic N) is 5. The summed E-state index contributed by atoms with van der Waals surface area (Å²) < 4.78 is 0. The molecule has 1 aromatic heterocycles. The van der Waals surface area contributed by atoms with Crippen molar-refractivity contribution in [3.63, 3.8) is 0 Å². The van der Waals surface area contributed by atoms with Gasteiger partial charge in [0.15, 0.2) is 0 Å². The highest BCUT2D eigenvalue weighted by molar-refractivity contribution is 6.02. The van der Waals surface area contributed by atoms with Crippen LogP contribution in [0.5, 0.6) is 0 Å². The van der Waals surface area contributed by atoms with Crippen molar-refractivity contribution < 1.29 is 4.79 Å². The van der Waals surface area contributed by atoms with E-state index in [1.54, 1.807) is 6.21 Å². The van der Waals surface area contributed by atoms with E-state index in [4.69, 9.17) is 5.73 Å². The summed E-state index contributed by atoms with van der Waals surface area (Å²) in [6.07, 6.45) is 4.55. The number of hydrogen-bond acceptors (Lipinski definition) is 6. The van der Waals surface area contributed by atoms with Crippen LogP contribution in [0.1, 0.15) is 27.3 Å². The number of aryl methyl sites for hydroxylation is 2. The predicted octanol–water partition coefficient (Wildman–Crippen LogP) is 2.15. The third-order valence-electron chi connectivity index (χ3n) is 5.60. The third-order valence-corrected chi connectivity index (χ3v) is 5.60. The molecule has 2 atom stereocenters. The van der Waals surface area contributed by atoms with Crippen LogP contribution in [0.25, 0.3) is 0 Å². The van der Waals surface area contributed by atoms with Crippen LogP contribution in [0.15, 0.2) is 47.7 Å². The van der Waals surface area contributed by atoms with Gasteiger partial charge in [-0.2, -0.15) is 0 Å². The van der Waals surface area contributed by atoms with Gasteiger partial charge in [0.1, 0.15) is 0 Å². The zero-order valence-corrected chi connectivity index (χ0v) is 16.8. The van der Waals surface area contributed by atoms with E-state index in [1.165, 1.54) is 12.4 Å². The van der Waals surface area contributed by atoms with Crippen LogP contribution in [0.3, 0.4) is 0 Å². The number of nitrogens with two attached hydrogens (primary N) is 1. The van der Waals surface area contributed by atoms with Crippen molar-refractivity contribution in [3.05, 3.63) is 65.2 Å². The van der Waals surface area contributed by atoms with Crippen molar-refractivity contribution in [3.8, 4) is 0 Å². The van der Waals surface area contributed by atoms with E-state index in [0.29, 0.717) is 17.4 Å². The Hall–Kier alpha value is -3.22. The lowest BCUT2D eigenvalue weighted by atomic mass is 10.0. The van der Waals surface area contributed by atoms with Gasteiger partial charge >= 0.3 is 0 Å². The number of carbonyl (C=O) groups excluding carboxylic acids is 1. The van der Waals surface area contributed by atoms with Crippen molar-refractivity contribution in [2.75, 3.05) is 31.1 Å². The molecule has 150 valence electrons. The zero-order valence-electron chi connectivity index (χ0n) is 16.8. The fourth-order valence-corrected chi connectivity index (χ4v) is 4.32. The Balaban J connectivity index is 1.45. The van der Waals surface area contributed by atoms with Crippen molar-refractivity contribution in [2.24, 2.45) is 22.6 Å². The molecule has 0 radical (unpaired) electrons. The number of rotatable bonds is 4. The Morgan fingerprint density at radius 1 is 1.10 bits per heavy atom. The second-order valence-electron chi connectivity index (χ2n) is 7.79. The van der Waals surface area contributed by atoms with E-state index in [1.807, 2.05) is 49.1 Å². The van der Waals surface area contributed by atoms with E-state index < -0.39 is 0 Å². The highest BCUT2D eigenvalue weighted by Gasteiger charge is 2.42. The SMILES string of the molecule is Cc1cc(C)nc(N2CC3CN(C(=O)c4ccccc4/C=N/C=C\N)CC3C2)n1. The number of carbonyl (C=O) groups is 1. The molecule has 3 heterocycles. The van der Waals surface area contributed by atoms with Crippen molar-refractivity contribution in [2.45, 2.75) is 13.8 Å². The van der Waals surface area contributed by atoms with Crippen LogP contribution >= 0.6 is 0 Å². The van der Waals surface area contributed by atoms with Crippen LogP contribution in [0, 0.1) is 25.7 Å². The number of amides is 1. The Morgan fingerprint density at radius 2 is 1.76 bits per heavy atom. The van der Waals surface area contributed by atoms with E-state index in [0.717, 1.165) is 49.1 Å². The van der Waals surface area contributed by atoms with E-state index in [2.05, 4.69) is 19.9 Å². The van der Waals surface area contributed by atoms with Crippen LogP contribution < -0.4 is 10.6 Å². The summed E-state index contributed by atoms with van der Waals surface area (Å²) in [6, 6.07) is 9.55. The first-order valence-electron chi connectivity index (χ1n) is 9.90. The molecule has 7 heteroatoms. The molecule has 0 aliphatic carbocycles. The molecule has 0 saturated carbocycles. The van der Waals surface area contributed by atoms with Gasteiger partial charge in [0.2, 0.25) is 5.95 Å². The number of fused-ring (bicyclic) bond motifs is 1. The van der Waals surface area contributed by atoms with Gasteiger partial charge in [0, 0.05) is 79.1 Å². The minimum atomic E-state index is 0.0624. The second kappa shape index (κ2) is 8.03. The maximum Gasteiger partial charge on any atom is 0.254 e. The standard InChI is InChI=1S/C22H26N6O/c1-15-9-16(2)26-22(25-15)28-13-18-11-27(12-19(18)14-28)21(29)20-6-4-3-5-17(20)10-24-8-7-23/h3-10,18-19H,11-14,23H2,1-2H3/b8-7-,24-10+. The summed E-state index contributed by atoms with van der Waals surface area (Å²) in [4.78, 5) is 30.7. The molecule has 2 aliphatic rings. The molecule has 2 unspecified atom stereocenters. The second-order valence-corrected chi connectivity index (χ2v) is 7.79. The van der Waals surface area contributed by atoms with Gasteiger partial charge < -0.3 is 15.5 Å². The van der Waals surface area contributed by atoms with Crippen LogP contribution in [-0.2, 0) is 0 Å². The zero-order chi connectivity index (χ0) is 20.4. The molecule has 0 bridgehead atoms. The van der Waals surface area contributed by atoms with Gasteiger partial charge in [-0.05, 0) is 26.0 Å². The fraction of sp³-hybridized carbons (Fsp3) is 0.364. The van der Waals surface area contributed by atoms with Crippen molar-refractivity contribution in [1.82, 2.24) is 14.9 Å². The molecule has 2 fully saturated rings. The number of aromatic nitrogens is 2. The summed E-state index contributed by atoms with van der Waals surface area (Å²) in [5, 5.41) is 0. The highest BCUT2D eigenvalue weighted by Crippen LogP contribution is 2.33. The molecule has 2 aromatic rings. The quantitative estimate of drug-likeness (QED) is 0.808. The minimum Gasteiger partial charge on any atom is -0.403 e. The number of anilines is 1. The Morgan fingerprint density at radius 3 is 2.41 bits per heavy atom. The average Bonchev–Trinajstić information content (AvgIpc) is 3.27. The number of benzene rings is 1. The van der Waals surface area contributed by atoms with Crippen molar-refractivity contribution in [1.29, 1.82) is 0 Å². The summed E-state index contributed by atoms with van der Waals surface area (Å²) in [6.45, 7) is 7.31. The summed E-state index contributed by atoms with van der Waals surface area (Å²) >= 11 is 0. The lowest BCUT2D eigenvalue weighted by Crippen LogP contribution is -2.34. The van der Waals surface area contributed by atoms with Gasteiger partial charge in [-0.15, -0.1) is 0 Å². The molecule has 1 aromatic carbocycles. The molecule has 0 spiro atoms. The maximum atomic E-state index is 13.2. The number of aliphatic imine (C=N–C) groups is 1. The lowest BCUT2D eigenvalue weighted by molar-refractivity contribution is 0.0782. The van der Waals surface area contributed by atoms with E-state index >= 15 is 0 Å². The Bertz CT molecular complexity index is 935. The molecule has 1 amide bonds. The van der Waals surface area contributed by atoms with Crippen LogP contribution in [0.4, 0.5) is 5.95 Å². The normalized spacial score (nSPS) is 21.4. The Kier molecular flexibility index (Phi) is 5.29. The average molecular weight is 390 g/mol. The third kappa shape index (κ3) is 3.99. The van der Waals surface area contributed by atoms with Gasteiger partial charge in [-0.1, -0.05) is 18.2 Å². The van der Waals surface area contributed by atoms with Crippen LogP contribution in [-0.4, -0.2) is 53.2 Å². The molecule has 2 saturated heterocycles. The molecule has 2 N–H and O–H groups in total. The van der Waals surface area contributed by atoms with E-state index in [9.17, 15) is 4.79 Å². The lowest BCUT2D eigenvalue weighted by Gasteiger charge is -2.22. The first-order chi connectivity index (χ1) is 14.0. The molecular formula is C22H26N6O. The van der Waals surface area contributed by atoms with Gasteiger partial charge in [-0.25, -0.2) is 9.97 Å². The van der Waals surface area contributed by atoms with Gasteiger partial charge in [0.05, 0.1) is 0 Å². The first-order valence-corrected chi connectivity index (χ1v) is 9.90. The van der Waals surface area contributed by atoms with Gasteiger partial charge in [0.25, 0.3) is 5.91 Å². The number of hydrogen-bond donors (Lipinski definition) is 1. The largest absolute Gasteiger partial charge is 0.403 e. The summed E-state index contributed by atoms with van der Waals surface area (Å²) in [7, 11) is 0. The molecule has 2 aliphatic heterocycles. The van der Waals surface area contributed by atoms with Crippen molar-refractivity contribution >= 4 is 18.1 Å². The molecule has 7 nitrogen and oxygen atoms in total. The fourth-order valence-electron chi connectivity index (χ4n) is 4.32. The van der Waals surface area contributed by atoms with Crippen LogP contribution in [0.2, 0.25) is 0 Å². The summed E-state index contributed by atoms with van der Waals surface area (Å²) in [5.41, 5.74) is 8.79. The Labute approximate surface area is 171 Å². The number of likely N-dealkylation sites (tertiary alicyclic amines) is 1. The monoisotopic (exact) mass is 390 g/mol. The predicted molar refractivity (Wildman–Crippen MR) is 114 cm³/mol. The molecular weight excluding hydrogens is 364 g/mol.